The molecule has 1 amide bonds. The van der Waals surface area contributed by atoms with Crippen LogP contribution in [0.25, 0.3) is 0 Å². The number of benzene rings is 1. The van der Waals surface area contributed by atoms with Gasteiger partial charge in [-0.1, -0.05) is 0 Å². The Morgan fingerprint density at radius 1 is 1.05 bits per heavy atom. The lowest BCUT2D eigenvalue weighted by atomic mass is 10.2. The van der Waals surface area contributed by atoms with Crippen LogP contribution in [0.2, 0.25) is 0 Å². The number of amides is 1. The zero-order valence-electron chi connectivity index (χ0n) is 12.2. The highest BCUT2D eigenvalue weighted by molar-refractivity contribution is 5.68. The third-order valence-electron chi connectivity index (χ3n) is 3.32. The van der Waals surface area contributed by atoms with Crippen LogP contribution in [0.5, 0.6) is 5.75 Å². The smallest absolute Gasteiger partial charge is 0.409 e. The lowest BCUT2D eigenvalue weighted by Gasteiger charge is -2.35. The van der Waals surface area contributed by atoms with E-state index in [1.54, 1.807) is 4.90 Å². The standard InChI is InChI=1S/C15H22N2O3/c1-3-19-14-7-5-13(6-8-14)16-9-11-17(12-10-16)15(18)20-4-2/h5-8H,3-4,9-12H2,1-2H3. The summed E-state index contributed by atoms with van der Waals surface area (Å²) >= 11 is 0. The number of carbonyl (C=O) groups is 1. The molecule has 1 aromatic rings. The summed E-state index contributed by atoms with van der Waals surface area (Å²) in [6.07, 6.45) is -0.209. The van der Waals surface area contributed by atoms with Crippen LogP contribution < -0.4 is 9.64 Å². The summed E-state index contributed by atoms with van der Waals surface area (Å²) in [6, 6.07) is 8.09. The maximum Gasteiger partial charge on any atom is 0.409 e. The summed E-state index contributed by atoms with van der Waals surface area (Å²) in [5.41, 5.74) is 1.16. The van der Waals surface area contributed by atoms with E-state index in [-0.39, 0.29) is 6.09 Å². The van der Waals surface area contributed by atoms with Crippen LogP contribution in [-0.4, -0.2) is 50.4 Å². The molecule has 0 unspecified atom stereocenters. The zero-order chi connectivity index (χ0) is 14.4. The minimum atomic E-state index is -0.209. The van der Waals surface area contributed by atoms with Crippen molar-refractivity contribution in [3.63, 3.8) is 0 Å². The monoisotopic (exact) mass is 278 g/mol. The number of piperazine rings is 1. The average Bonchev–Trinajstić information content (AvgIpc) is 2.49. The maximum atomic E-state index is 11.6. The Balaban J connectivity index is 1.88. The van der Waals surface area contributed by atoms with E-state index in [1.165, 1.54) is 0 Å². The van der Waals surface area contributed by atoms with Crippen molar-refractivity contribution in [2.75, 3.05) is 44.3 Å². The Morgan fingerprint density at radius 3 is 2.25 bits per heavy atom. The minimum absolute atomic E-state index is 0.209. The highest BCUT2D eigenvalue weighted by Gasteiger charge is 2.21. The van der Waals surface area contributed by atoms with Crippen LogP contribution in [0.1, 0.15) is 13.8 Å². The Labute approximate surface area is 120 Å². The zero-order valence-corrected chi connectivity index (χ0v) is 12.2. The first-order chi connectivity index (χ1) is 9.74. The molecular formula is C15H22N2O3. The van der Waals surface area contributed by atoms with Gasteiger partial charge in [0.15, 0.2) is 0 Å². The summed E-state index contributed by atoms with van der Waals surface area (Å²) in [4.78, 5) is 15.7. The third-order valence-corrected chi connectivity index (χ3v) is 3.32. The molecular weight excluding hydrogens is 256 g/mol. The first-order valence-electron chi connectivity index (χ1n) is 7.14. The molecule has 0 N–H and O–H groups in total. The van der Waals surface area contributed by atoms with Gasteiger partial charge in [0.2, 0.25) is 0 Å². The predicted octanol–water partition coefficient (Wildman–Crippen LogP) is 2.36. The Bertz CT molecular complexity index is 425. The van der Waals surface area contributed by atoms with E-state index < -0.39 is 0 Å². The summed E-state index contributed by atoms with van der Waals surface area (Å²) < 4.78 is 10.5. The van der Waals surface area contributed by atoms with Gasteiger partial charge in [-0.2, -0.15) is 0 Å². The van der Waals surface area contributed by atoms with Crippen molar-refractivity contribution in [2.45, 2.75) is 13.8 Å². The number of nitrogens with zero attached hydrogens (tertiary/aromatic N) is 2. The summed E-state index contributed by atoms with van der Waals surface area (Å²) in [5, 5.41) is 0. The molecule has 5 nitrogen and oxygen atoms in total. The largest absolute Gasteiger partial charge is 0.494 e. The molecule has 0 aliphatic carbocycles. The highest BCUT2D eigenvalue weighted by Crippen LogP contribution is 2.20. The third kappa shape index (κ3) is 3.56. The molecule has 1 aliphatic rings. The van der Waals surface area contributed by atoms with Gasteiger partial charge in [-0.05, 0) is 38.1 Å². The summed E-state index contributed by atoms with van der Waals surface area (Å²) in [7, 11) is 0. The van der Waals surface area contributed by atoms with Gasteiger partial charge in [-0.25, -0.2) is 4.79 Å². The molecule has 0 saturated carbocycles. The minimum Gasteiger partial charge on any atom is -0.494 e. The second-order valence-electron chi connectivity index (χ2n) is 4.60. The average molecular weight is 278 g/mol. The van der Waals surface area contributed by atoms with Gasteiger partial charge in [0.1, 0.15) is 5.75 Å². The van der Waals surface area contributed by atoms with Crippen molar-refractivity contribution in [3.8, 4) is 5.75 Å². The number of ether oxygens (including phenoxy) is 2. The highest BCUT2D eigenvalue weighted by atomic mass is 16.6. The van der Waals surface area contributed by atoms with Crippen molar-refractivity contribution in [3.05, 3.63) is 24.3 Å². The van der Waals surface area contributed by atoms with E-state index >= 15 is 0 Å². The Morgan fingerprint density at radius 2 is 1.70 bits per heavy atom. The van der Waals surface area contributed by atoms with Crippen molar-refractivity contribution in [1.29, 1.82) is 0 Å². The topological polar surface area (TPSA) is 42.0 Å². The van der Waals surface area contributed by atoms with E-state index in [1.807, 2.05) is 26.0 Å². The molecule has 0 atom stereocenters. The molecule has 2 rings (SSSR count). The SMILES string of the molecule is CCOC(=O)N1CCN(c2ccc(OCC)cc2)CC1. The summed E-state index contributed by atoms with van der Waals surface area (Å²) in [6.45, 7) is 7.96. The molecule has 0 aromatic heterocycles. The molecule has 110 valence electrons. The van der Waals surface area contributed by atoms with Crippen molar-refractivity contribution < 1.29 is 14.3 Å². The van der Waals surface area contributed by atoms with Crippen LogP contribution in [-0.2, 0) is 4.74 Å². The molecule has 0 spiro atoms. The van der Waals surface area contributed by atoms with Gasteiger partial charge in [0.05, 0.1) is 13.2 Å². The van der Waals surface area contributed by atoms with Crippen LogP contribution in [0.15, 0.2) is 24.3 Å². The van der Waals surface area contributed by atoms with Gasteiger partial charge in [0, 0.05) is 31.9 Å². The van der Waals surface area contributed by atoms with Crippen molar-refractivity contribution >= 4 is 11.8 Å². The predicted molar refractivity (Wildman–Crippen MR) is 78.4 cm³/mol. The van der Waals surface area contributed by atoms with Crippen molar-refractivity contribution in [1.82, 2.24) is 4.90 Å². The first-order valence-corrected chi connectivity index (χ1v) is 7.14. The molecule has 1 heterocycles. The number of hydrogen-bond donors (Lipinski definition) is 0. The fraction of sp³-hybridized carbons (Fsp3) is 0.533. The maximum absolute atomic E-state index is 11.6. The van der Waals surface area contributed by atoms with Crippen LogP contribution in [0.3, 0.4) is 0 Å². The van der Waals surface area contributed by atoms with E-state index in [2.05, 4.69) is 17.0 Å². The molecule has 1 aliphatic heterocycles. The van der Waals surface area contributed by atoms with E-state index in [9.17, 15) is 4.79 Å². The second kappa shape index (κ2) is 7.03. The van der Waals surface area contributed by atoms with E-state index in [0.717, 1.165) is 24.5 Å². The molecule has 1 aromatic carbocycles. The number of carbonyl (C=O) groups excluding carboxylic acids is 1. The first kappa shape index (κ1) is 14.5. The van der Waals surface area contributed by atoms with Gasteiger partial charge in [-0.3, -0.25) is 0 Å². The molecule has 0 bridgehead atoms. The quantitative estimate of drug-likeness (QED) is 0.848. The van der Waals surface area contributed by atoms with Gasteiger partial charge >= 0.3 is 6.09 Å². The molecule has 0 radical (unpaired) electrons. The fourth-order valence-electron chi connectivity index (χ4n) is 2.28. The van der Waals surface area contributed by atoms with Gasteiger partial charge in [0.25, 0.3) is 0 Å². The summed E-state index contributed by atoms with van der Waals surface area (Å²) in [5.74, 6) is 0.890. The van der Waals surface area contributed by atoms with Gasteiger partial charge < -0.3 is 19.3 Å². The Kier molecular flexibility index (Phi) is 5.09. The van der Waals surface area contributed by atoms with Crippen molar-refractivity contribution in [2.24, 2.45) is 0 Å². The Hall–Kier alpha value is -1.91. The molecule has 1 fully saturated rings. The second-order valence-corrected chi connectivity index (χ2v) is 4.60. The normalized spacial score (nSPS) is 15.1. The van der Waals surface area contributed by atoms with Crippen LogP contribution in [0.4, 0.5) is 10.5 Å². The number of rotatable bonds is 4. The van der Waals surface area contributed by atoms with E-state index in [4.69, 9.17) is 9.47 Å². The molecule has 20 heavy (non-hydrogen) atoms. The fourth-order valence-corrected chi connectivity index (χ4v) is 2.28. The molecule has 5 heteroatoms. The van der Waals surface area contributed by atoms with Gasteiger partial charge in [-0.15, -0.1) is 0 Å². The lowest BCUT2D eigenvalue weighted by molar-refractivity contribution is 0.105. The molecule has 1 saturated heterocycles. The van der Waals surface area contributed by atoms with Crippen LogP contribution >= 0.6 is 0 Å². The number of anilines is 1. The van der Waals surface area contributed by atoms with E-state index in [0.29, 0.717) is 26.3 Å². The van der Waals surface area contributed by atoms with Crippen LogP contribution in [0, 0.1) is 0 Å². The lowest BCUT2D eigenvalue weighted by Crippen LogP contribution is -2.48. The number of hydrogen-bond acceptors (Lipinski definition) is 4.